The lowest BCUT2D eigenvalue weighted by Gasteiger charge is -2.33. The van der Waals surface area contributed by atoms with Gasteiger partial charge < -0.3 is 10.2 Å². The number of rotatable bonds is 6. The van der Waals surface area contributed by atoms with E-state index in [1.807, 2.05) is 0 Å². The number of aromatic nitrogens is 1. The first-order valence-corrected chi connectivity index (χ1v) is 8.16. The van der Waals surface area contributed by atoms with E-state index in [0.29, 0.717) is 6.04 Å². The summed E-state index contributed by atoms with van der Waals surface area (Å²) in [6, 6.07) is 0.521. The van der Waals surface area contributed by atoms with E-state index in [1.54, 1.807) is 11.3 Å². The maximum atomic E-state index is 4.72. The fraction of sp³-hybridized carbons (Fsp3) is 0.786. The Balaban J connectivity index is 1.77. The summed E-state index contributed by atoms with van der Waals surface area (Å²) in [5, 5.41) is 6.86. The van der Waals surface area contributed by atoms with Gasteiger partial charge in [-0.25, -0.2) is 4.98 Å². The van der Waals surface area contributed by atoms with Crippen LogP contribution in [-0.4, -0.2) is 53.5 Å². The molecule has 0 unspecified atom stereocenters. The van der Waals surface area contributed by atoms with Crippen LogP contribution in [0.25, 0.3) is 0 Å². The average molecular weight is 282 g/mol. The van der Waals surface area contributed by atoms with Gasteiger partial charge in [0.1, 0.15) is 5.01 Å². The predicted octanol–water partition coefficient (Wildman–Crippen LogP) is 1.78. The first-order chi connectivity index (χ1) is 9.17. The molecule has 0 bridgehead atoms. The second kappa shape index (κ2) is 7.33. The zero-order valence-corrected chi connectivity index (χ0v) is 13.2. The summed E-state index contributed by atoms with van der Waals surface area (Å²) in [4.78, 5) is 9.74. The van der Waals surface area contributed by atoms with Gasteiger partial charge in [0.05, 0.1) is 12.2 Å². The molecule has 2 rings (SSSR count). The lowest BCUT2D eigenvalue weighted by atomic mass is 10.3. The molecule has 1 aliphatic heterocycles. The number of thiazole rings is 1. The zero-order valence-electron chi connectivity index (χ0n) is 12.4. The first-order valence-electron chi connectivity index (χ1n) is 7.28. The van der Waals surface area contributed by atoms with Crippen molar-refractivity contribution in [3.05, 3.63) is 16.1 Å². The minimum atomic E-state index is 0.521. The molecular formula is C14H26N4S. The molecule has 1 aromatic rings. The first kappa shape index (κ1) is 14.9. The van der Waals surface area contributed by atoms with Crippen LogP contribution in [0.1, 0.15) is 31.5 Å². The van der Waals surface area contributed by atoms with Gasteiger partial charge in [0, 0.05) is 44.1 Å². The van der Waals surface area contributed by atoms with Crippen LogP contribution >= 0.6 is 11.3 Å². The topological polar surface area (TPSA) is 31.4 Å². The molecular weight excluding hydrogens is 256 g/mol. The quantitative estimate of drug-likeness (QED) is 0.862. The van der Waals surface area contributed by atoms with Gasteiger partial charge >= 0.3 is 0 Å². The van der Waals surface area contributed by atoms with Crippen LogP contribution in [0.2, 0.25) is 0 Å². The molecule has 0 saturated carbocycles. The number of nitrogens with one attached hydrogen (secondary N) is 1. The van der Waals surface area contributed by atoms with Crippen LogP contribution in [0.15, 0.2) is 5.38 Å². The third-order valence-corrected chi connectivity index (χ3v) is 4.44. The molecule has 5 heteroatoms. The Hall–Kier alpha value is -0.490. The molecule has 0 radical (unpaired) electrons. The van der Waals surface area contributed by atoms with Crippen molar-refractivity contribution < 1.29 is 0 Å². The number of piperazine rings is 1. The summed E-state index contributed by atoms with van der Waals surface area (Å²) in [6.45, 7) is 14.4. The summed E-state index contributed by atoms with van der Waals surface area (Å²) in [7, 11) is 0. The summed E-state index contributed by atoms with van der Waals surface area (Å²) in [5.74, 6) is 0. The van der Waals surface area contributed by atoms with E-state index >= 15 is 0 Å². The number of hydrogen-bond acceptors (Lipinski definition) is 5. The van der Waals surface area contributed by atoms with E-state index < -0.39 is 0 Å². The smallest absolute Gasteiger partial charge is 0.107 e. The van der Waals surface area contributed by atoms with Gasteiger partial charge in [0.2, 0.25) is 0 Å². The Bertz CT molecular complexity index is 369. The molecule has 1 aliphatic rings. The molecule has 0 aliphatic carbocycles. The van der Waals surface area contributed by atoms with Crippen LogP contribution < -0.4 is 5.32 Å². The molecule has 2 heterocycles. The molecule has 1 saturated heterocycles. The number of nitrogens with zero attached hydrogens (tertiary/aromatic N) is 3. The Morgan fingerprint density at radius 3 is 2.58 bits per heavy atom. The Labute approximate surface area is 120 Å². The highest BCUT2D eigenvalue weighted by Crippen LogP contribution is 2.14. The van der Waals surface area contributed by atoms with Crippen LogP contribution in [0, 0.1) is 0 Å². The fourth-order valence-corrected chi connectivity index (χ4v) is 3.10. The Kier molecular flexibility index (Phi) is 5.76. The maximum Gasteiger partial charge on any atom is 0.107 e. The van der Waals surface area contributed by atoms with E-state index in [0.717, 1.165) is 13.1 Å². The summed E-state index contributed by atoms with van der Waals surface area (Å²) < 4.78 is 0. The third kappa shape index (κ3) is 4.84. The van der Waals surface area contributed by atoms with Crippen molar-refractivity contribution in [3.8, 4) is 0 Å². The highest BCUT2D eigenvalue weighted by Gasteiger charge is 2.16. The Morgan fingerprint density at radius 1 is 1.26 bits per heavy atom. The monoisotopic (exact) mass is 282 g/mol. The van der Waals surface area contributed by atoms with Crippen molar-refractivity contribution in [2.45, 2.75) is 39.9 Å². The molecule has 4 nitrogen and oxygen atoms in total. The van der Waals surface area contributed by atoms with Gasteiger partial charge in [-0.05, 0) is 6.54 Å². The minimum Gasteiger partial charge on any atom is -0.309 e. The van der Waals surface area contributed by atoms with Crippen molar-refractivity contribution in [1.29, 1.82) is 0 Å². The number of hydrogen-bond donors (Lipinski definition) is 1. The standard InChI is InChI=1S/C14H26N4S/c1-4-17-5-7-18(8-6-17)10-14-16-13(11-19-14)9-15-12(2)3/h11-12,15H,4-10H2,1-3H3. The van der Waals surface area contributed by atoms with Crippen LogP contribution in [0.5, 0.6) is 0 Å². The Morgan fingerprint density at radius 2 is 1.95 bits per heavy atom. The molecule has 19 heavy (non-hydrogen) atoms. The highest BCUT2D eigenvalue weighted by molar-refractivity contribution is 7.09. The second-order valence-corrected chi connectivity index (χ2v) is 6.42. The van der Waals surface area contributed by atoms with Crippen molar-refractivity contribution in [1.82, 2.24) is 20.1 Å². The predicted molar refractivity (Wildman–Crippen MR) is 81.5 cm³/mol. The maximum absolute atomic E-state index is 4.72. The zero-order chi connectivity index (χ0) is 13.7. The van der Waals surface area contributed by atoms with Gasteiger partial charge in [-0.1, -0.05) is 20.8 Å². The average Bonchev–Trinajstić information content (AvgIpc) is 2.85. The minimum absolute atomic E-state index is 0.521. The second-order valence-electron chi connectivity index (χ2n) is 5.48. The fourth-order valence-electron chi connectivity index (χ4n) is 2.27. The molecule has 1 N–H and O–H groups in total. The van der Waals surface area contributed by atoms with E-state index in [4.69, 9.17) is 4.98 Å². The molecule has 0 atom stereocenters. The van der Waals surface area contributed by atoms with Crippen LogP contribution in [0.4, 0.5) is 0 Å². The van der Waals surface area contributed by atoms with E-state index in [9.17, 15) is 0 Å². The molecule has 1 aromatic heterocycles. The molecule has 0 amide bonds. The molecule has 108 valence electrons. The molecule has 0 spiro atoms. The molecule has 1 fully saturated rings. The number of likely N-dealkylation sites (N-methyl/N-ethyl adjacent to an activating group) is 1. The summed E-state index contributed by atoms with van der Waals surface area (Å²) in [5.41, 5.74) is 1.18. The van der Waals surface area contributed by atoms with E-state index in [-0.39, 0.29) is 0 Å². The van der Waals surface area contributed by atoms with Gasteiger partial charge in [0.25, 0.3) is 0 Å². The van der Waals surface area contributed by atoms with Gasteiger partial charge in [-0.3, -0.25) is 4.90 Å². The van der Waals surface area contributed by atoms with Gasteiger partial charge in [0.15, 0.2) is 0 Å². The van der Waals surface area contributed by atoms with Crippen molar-refractivity contribution in [2.24, 2.45) is 0 Å². The van der Waals surface area contributed by atoms with E-state index in [2.05, 4.69) is 41.3 Å². The van der Waals surface area contributed by atoms with Crippen molar-refractivity contribution >= 4 is 11.3 Å². The lowest BCUT2D eigenvalue weighted by Crippen LogP contribution is -2.45. The van der Waals surface area contributed by atoms with Crippen molar-refractivity contribution in [3.63, 3.8) is 0 Å². The highest BCUT2D eigenvalue weighted by atomic mass is 32.1. The van der Waals surface area contributed by atoms with Gasteiger partial charge in [-0.2, -0.15) is 0 Å². The lowest BCUT2D eigenvalue weighted by molar-refractivity contribution is 0.132. The van der Waals surface area contributed by atoms with E-state index in [1.165, 1.54) is 43.4 Å². The normalized spacial score (nSPS) is 18.3. The van der Waals surface area contributed by atoms with Crippen LogP contribution in [-0.2, 0) is 13.1 Å². The summed E-state index contributed by atoms with van der Waals surface area (Å²) in [6.07, 6.45) is 0. The molecule has 0 aromatic carbocycles. The SMILES string of the molecule is CCN1CCN(Cc2nc(CNC(C)C)cs2)CC1. The van der Waals surface area contributed by atoms with Gasteiger partial charge in [-0.15, -0.1) is 11.3 Å². The largest absolute Gasteiger partial charge is 0.309 e. The van der Waals surface area contributed by atoms with Crippen molar-refractivity contribution in [2.75, 3.05) is 32.7 Å². The summed E-state index contributed by atoms with van der Waals surface area (Å²) >= 11 is 1.80. The third-order valence-electron chi connectivity index (χ3n) is 3.56. The van der Waals surface area contributed by atoms with Crippen LogP contribution in [0.3, 0.4) is 0 Å².